The van der Waals surface area contributed by atoms with Crippen molar-refractivity contribution in [2.45, 2.75) is 39.5 Å². The van der Waals surface area contributed by atoms with Gasteiger partial charge in [-0.05, 0) is 37.2 Å². The van der Waals surface area contributed by atoms with Crippen LogP contribution in [0.4, 0.5) is 5.82 Å². The van der Waals surface area contributed by atoms with Crippen LogP contribution in [-0.2, 0) is 19.3 Å². The summed E-state index contributed by atoms with van der Waals surface area (Å²) in [5, 5.41) is 11.9. The number of fused-ring (bicyclic) bond motifs is 1. The smallest absolute Gasteiger partial charge is 0.257 e. The van der Waals surface area contributed by atoms with E-state index in [1.807, 2.05) is 11.4 Å². The van der Waals surface area contributed by atoms with Crippen LogP contribution in [0.1, 0.15) is 46.8 Å². The van der Waals surface area contributed by atoms with Gasteiger partial charge in [-0.2, -0.15) is 5.10 Å². The van der Waals surface area contributed by atoms with Crippen LogP contribution in [0.25, 0.3) is 0 Å². The Bertz CT molecular complexity index is 629. The molecular weight excluding hydrogens is 270 g/mol. The number of hydrogen-bond acceptors (Lipinski definition) is 3. The van der Waals surface area contributed by atoms with Crippen molar-refractivity contribution in [3.8, 4) is 0 Å². The van der Waals surface area contributed by atoms with E-state index in [-0.39, 0.29) is 5.91 Å². The Morgan fingerprint density at radius 3 is 3.20 bits per heavy atom. The number of carbonyl (C=O) groups is 1. The zero-order valence-corrected chi connectivity index (χ0v) is 12.6. The lowest BCUT2D eigenvalue weighted by Gasteiger charge is -2.18. The molecule has 1 unspecified atom stereocenters. The predicted octanol–water partition coefficient (Wildman–Crippen LogP) is 3.41. The van der Waals surface area contributed by atoms with Crippen molar-refractivity contribution < 1.29 is 4.79 Å². The Balaban J connectivity index is 1.77. The fraction of sp³-hybridized carbons (Fsp3) is 0.467. The molecule has 0 radical (unpaired) electrons. The third-order valence-corrected chi connectivity index (χ3v) is 4.95. The highest BCUT2D eigenvalue weighted by Gasteiger charge is 2.23. The Morgan fingerprint density at radius 2 is 2.45 bits per heavy atom. The molecule has 20 heavy (non-hydrogen) atoms. The maximum atomic E-state index is 12.4. The second-order valence-corrected chi connectivity index (χ2v) is 6.45. The van der Waals surface area contributed by atoms with Gasteiger partial charge in [-0.25, -0.2) is 0 Å². The third kappa shape index (κ3) is 2.50. The molecule has 1 amide bonds. The Kier molecular flexibility index (Phi) is 3.61. The number of thiophene rings is 1. The van der Waals surface area contributed by atoms with E-state index >= 15 is 0 Å². The van der Waals surface area contributed by atoms with Gasteiger partial charge in [0.15, 0.2) is 5.82 Å². The van der Waals surface area contributed by atoms with E-state index in [2.05, 4.69) is 29.4 Å². The van der Waals surface area contributed by atoms with E-state index in [0.717, 1.165) is 36.4 Å². The van der Waals surface area contributed by atoms with Crippen LogP contribution in [0.3, 0.4) is 0 Å². The fourth-order valence-electron chi connectivity index (χ4n) is 2.66. The predicted molar refractivity (Wildman–Crippen MR) is 81.4 cm³/mol. The Morgan fingerprint density at radius 1 is 1.60 bits per heavy atom. The van der Waals surface area contributed by atoms with Crippen molar-refractivity contribution in [1.29, 1.82) is 0 Å². The summed E-state index contributed by atoms with van der Waals surface area (Å²) < 4.78 is 0. The summed E-state index contributed by atoms with van der Waals surface area (Å²) >= 11 is 1.72. The first-order chi connectivity index (χ1) is 9.67. The van der Waals surface area contributed by atoms with Crippen LogP contribution in [-0.4, -0.2) is 16.1 Å². The van der Waals surface area contributed by atoms with Gasteiger partial charge in [-0.3, -0.25) is 9.89 Å². The summed E-state index contributed by atoms with van der Waals surface area (Å²) in [4.78, 5) is 13.7. The van der Waals surface area contributed by atoms with Gasteiger partial charge in [0.1, 0.15) is 0 Å². The van der Waals surface area contributed by atoms with Crippen molar-refractivity contribution in [1.82, 2.24) is 10.2 Å². The van der Waals surface area contributed by atoms with Crippen LogP contribution in [0.5, 0.6) is 0 Å². The lowest BCUT2D eigenvalue weighted by molar-refractivity contribution is 0.102. The highest BCUT2D eigenvalue weighted by Crippen LogP contribution is 2.33. The normalized spacial score (nSPS) is 17.8. The number of carbonyl (C=O) groups excluding carboxylic acids is 1. The molecule has 4 nitrogen and oxygen atoms in total. The van der Waals surface area contributed by atoms with Gasteiger partial charge in [0.25, 0.3) is 5.91 Å². The van der Waals surface area contributed by atoms with E-state index in [1.54, 1.807) is 11.3 Å². The molecule has 0 fully saturated rings. The summed E-state index contributed by atoms with van der Waals surface area (Å²) in [5.41, 5.74) is 3.11. The topological polar surface area (TPSA) is 57.8 Å². The zero-order valence-electron chi connectivity index (χ0n) is 11.8. The number of H-pyrrole nitrogens is 1. The molecule has 0 aliphatic heterocycles. The molecule has 0 bridgehead atoms. The molecule has 0 saturated heterocycles. The second kappa shape index (κ2) is 5.40. The number of nitrogens with zero attached hydrogens (tertiary/aromatic N) is 1. The van der Waals surface area contributed by atoms with Gasteiger partial charge in [0.05, 0.1) is 5.56 Å². The van der Waals surface area contributed by atoms with Gasteiger partial charge < -0.3 is 5.32 Å². The highest BCUT2D eigenvalue weighted by molar-refractivity contribution is 7.10. The Hall–Kier alpha value is -1.62. The first-order valence-electron chi connectivity index (χ1n) is 7.12. The van der Waals surface area contributed by atoms with Gasteiger partial charge in [-0.15, -0.1) is 11.3 Å². The number of rotatable bonds is 3. The van der Waals surface area contributed by atoms with E-state index < -0.39 is 0 Å². The lowest BCUT2D eigenvalue weighted by Crippen LogP contribution is -2.16. The summed E-state index contributed by atoms with van der Waals surface area (Å²) in [6, 6.07) is 1.89. The molecule has 3 rings (SSSR count). The largest absolute Gasteiger partial charge is 0.305 e. The standard InChI is InChI=1S/C15H19N3OS/c1-3-10-7-14(18-17-10)16-15(19)12-8-20-13-6-9(2)4-5-11(12)13/h7-9H,3-6H2,1-2H3,(H2,16,17,18,19). The zero-order chi connectivity index (χ0) is 14.1. The van der Waals surface area contributed by atoms with Crippen LogP contribution >= 0.6 is 11.3 Å². The monoisotopic (exact) mass is 289 g/mol. The number of aryl methyl sites for hydroxylation is 1. The molecule has 0 saturated carbocycles. The van der Waals surface area contributed by atoms with E-state index in [1.165, 1.54) is 16.9 Å². The quantitative estimate of drug-likeness (QED) is 0.909. The molecule has 1 atom stereocenters. The van der Waals surface area contributed by atoms with E-state index in [0.29, 0.717) is 5.82 Å². The minimum atomic E-state index is -0.0359. The first-order valence-corrected chi connectivity index (χ1v) is 8.00. The Labute approximate surface area is 122 Å². The number of aromatic nitrogens is 2. The lowest BCUT2D eigenvalue weighted by atomic mass is 9.88. The second-order valence-electron chi connectivity index (χ2n) is 5.49. The fourth-order valence-corrected chi connectivity index (χ4v) is 3.90. The number of nitrogens with one attached hydrogen (secondary N) is 2. The molecule has 106 valence electrons. The minimum Gasteiger partial charge on any atom is -0.305 e. The molecule has 1 aliphatic rings. The van der Waals surface area contributed by atoms with Gasteiger partial charge in [0, 0.05) is 22.0 Å². The number of anilines is 1. The summed E-state index contributed by atoms with van der Waals surface area (Å²) in [7, 11) is 0. The SMILES string of the molecule is CCc1cc(NC(=O)c2csc3c2CCC(C)C3)n[nH]1. The molecule has 1 aliphatic carbocycles. The molecule has 5 heteroatoms. The van der Waals surface area contributed by atoms with Crippen LogP contribution in [0, 0.1) is 5.92 Å². The third-order valence-electron chi connectivity index (χ3n) is 3.90. The summed E-state index contributed by atoms with van der Waals surface area (Å²) in [6.07, 6.45) is 4.18. The van der Waals surface area contributed by atoms with Gasteiger partial charge in [-0.1, -0.05) is 13.8 Å². The molecular formula is C15H19N3OS. The van der Waals surface area contributed by atoms with Gasteiger partial charge in [0.2, 0.25) is 0 Å². The molecule has 2 aromatic heterocycles. The van der Waals surface area contributed by atoms with Crippen molar-refractivity contribution in [2.75, 3.05) is 5.32 Å². The number of aromatic amines is 1. The molecule has 2 aromatic rings. The van der Waals surface area contributed by atoms with Crippen molar-refractivity contribution in [2.24, 2.45) is 5.92 Å². The average Bonchev–Trinajstić information content (AvgIpc) is 3.04. The summed E-state index contributed by atoms with van der Waals surface area (Å²) in [5.74, 6) is 1.30. The highest BCUT2D eigenvalue weighted by atomic mass is 32.1. The van der Waals surface area contributed by atoms with Crippen molar-refractivity contribution in [3.05, 3.63) is 33.1 Å². The average molecular weight is 289 g/mol. The molecule has 0 spiro atoms. The maximum absolute atomic E-state index is 12.4. The van der Waals surface area contributed by atoms with E-state index in [4.69, 9.17) is 0 Å². The first kappa shape index (κ1) is 13.4. The van der Waals surface area contributed by atoms with Crippen LogP contribution in [0.15, 0.2) is 11.4 Å². The molecule has 0 aromatic carbocycles. The van der Waals surface area contributed by atoms with Gasteiger partial charge >= 0.3 is 0 Å². The molecule has 2 heterocycles. The molecule has 2 N–H and O–H groups in total. The van der Waals surface area contributed by atoms with Crippen molar-refractivity contribution in [3.63, 3.8) is 0 Å². The number of hydrogen-bond donors (Lipinski definition) is 2. The number of amides is 1. The van der Waals surface area contributed by atoms with Crippen molar-refractivity contribution >= 4 is 23.1 Å². The van der Waals surface area contributed by atoms with Crippen LogP contribution in [0.2, 0.25) is 0 Å². The summed E-state index contributed by atoms with van der Waals surface area (Å²) in [6.45, 7) is 4.33. The van der Waals surface area contributed by atoms with E-state index in [9.17, 15) is 4.79 Å². The maximum Gasteiger partial charge on any atom is 0.257 e. The minimum absolute atomic E-state index is 0.0359. The van der Waals surface area contributed by atoms with Crippen LogP contribution < -0.4 is 5.32 Å².